The third kappa shape index (κ3) is 2.30. The van der Waals surface area contributed by atoms with Crippen LogP contribution in [0.2, 0.25) is 0 Å². The van der Waals surface area contributed by atoms with E-state index in [4.69, 9.17) is 0 Å². The smallest absolute Gasteiger partial charge is 0.267 e. The maximum absolute atomic E-state index is 13.0. The number of aromatic nitrogens is 1. The summed E-state index contributed by atoms with van der Waals surface area (Å²) in [7, 11) is 0. The van der Waals surface area contributed by atoms with E-state index in [-0.39, 0.29) is 11.8 Å². The van der Waals surface area contributed by atoms with Crippen LogP contribution in [0.1, 0.15) is 38.9 Å². The van der Waals surface area contributed by atoms with Crippen molar-refractivity contribution in [1.29, 1.82) is 0 Å². The van der Waals surface area contributed by atoms with Crippen molar-refractivity contribution < 1.29 is 9.59 Å². The molecule has 1 aliphatic rings. The van der Waals surface area contributed by atoms with Crippen LogP contribution in [0.4, 0.5) is 0 Å². The summed E-state index contributed by atoms with van der Waals surface area (Å²) >= 11 is 0. The number of allylic oxidation sites excluding steroid dienone is 1. The number of amides is 2. The Morgan fingerprint density at radius 3 is 2.00 bits per heavy atom. The number of rotatable bonds is 3. The van der Waals surface area contributed by atoms with Gasteiger partial charge in [-0.15, -0.1) is 0 Å². The molecule has 3 aromatic rings. The average Bonchev–Trinajstić information content (AvgIpc) is 3.11. The van der Waals surface area contributed by atoms with Gasteiger partial charge >= 0.3 is 0 Å². The van der Waals surface area contributed by atoms with Crippen LogP contribution in [0.5, 0.6) is 0 Å². The zero-order chi connectivity index (χ0) is 18.3. The SMILES string of the molecule is C/C=C/c1cc(-c2ccccc2)n(N2C(=O)c3ccccc3C2=O)c1C. The summed E-state index contributed by atoms with van der Waals surface area (Å²) in [6.07, 6.45) is 3.93. The lowest BCUT2D eigenvalue weighted by atomic mass is 10.1. The van der Waals surface area contributed by atoms with E-state index in [1.54, 1.807) is 28.9 Å². The first kappa shape index (κ1) is 16.1. The van der Waals surface area contributed by atoms with Gasteiger partial charge in [0.15, 0.2) is 0 Å². The van der Waals surface area contributed by atoms with Crippen LogP contribution >= 0.6 is 0 Å². The van der Waals surface area contributed by atoms with Crippen LogP contribution in [0.15, 0.2) is 66.7 Å². The van der Waals surface area contributed by atoms with E-state index in [0.717, 1.165) is 22.5 Å². The number of nitrogens with zero attached hydrogens (tertiary/aromatic N) is 2. The van der Waals surface area contributed by atoms with Gasteiger partial charge in [0.25, 0.3) is 11.8 Å². The molecule has 1 aromatic heterocycles. The fraction of sp³-hybridized carbons (Fsp3) is 0.0909. The molecule has 128 valence electrons. The molecule has 1 aliphatic heterocycles. The molecule has 0 fully saturated rings. The van der Waals surface area contributed by atoms with Crippen LogP contribution < -0.4 is 5.01 Å². The van der Waals surface area contributed by atoms with Gasteiger partial charge < -0.3 is 0 Å². The summed E-state index contributed by atoms with van der Waals surface area (Å²) in [6.45, 7) is 3.87. The summed E-state index contributed by atoms with van der Waals surface area (Å²) in [4.78, 5) is 26.0. The van der Waals surface area contributed by atoms with Gasteiger partial charge in [0, 0.05) is 11.3 Å². The van der Waals surface area contributed by atoms with Crippen LogP contribution in [0.3, 0.4) is 0 Å². The lowest BCUT2D eigenvalue weighted by Crippen LogP contribution is -2.41. The monoisotopic (exact) mass is 342 g/mol. The van der Waals surface area contributed by atoms with Crippen molar-refractivity contribution in [2.24, 2.45) is 0 Å². The van der Waals surface area contributed by atoms with Crippen LogP contribution in [-0.4, -0.2) is 16.5 Å². The van der Waals surface area contributed by atoms with Gasteiger partial charge in [-0.3, -0.25) is 9.59 Å². The largest absolute Gasteiger partial charge is 0.281 e. The number of hydrogen-bond donors (Lipinski definition) is 0. The minimum absolute atomic E-state index is 0.298. The van der Waals surface area contributed by atoms with E-state index in [1.165, 1.54) is 5.01 Å². The average molecular weight is 342 g/mol. The second-order valence-corrected chi connectivity index (χ2v) is 6.22. The zero-order valence-electron chi connectivity index (χ0n) is 14.6. The molecular formula is C22H18N2O2. The van der Waals surface area contributed by atoms with Crippen molar-refractivity contribution in [2.75, 3.05) is 5.01 Å². The molecule has 0 saturated carbocycles. The molecule has 4 nitrogen and oxygen atoms in total. The molecule has 4 rings (SSSR count). The van der Waals surface area contributed by atoms with Gasteiger partial charge in [-0.2, -0.15) is 5.01 Å². The highest BCUT2D eigenvalue weighted by Crippen LogP contribution is 2.31. The van der Waals surface area contributed by atoms with Gasteiger partial charge in [-0.25, -0.2) is 4.68 Å². The number of fused-ring (bicyclic) bond motifs is 1. The molecule has 0 bridgehead atoms. The standard InChI is InChI=1S/C22H18N2O2/c1-3-9-17-14-20(16-10-5-4-6-11-16)23(15(17)2)24-21(25)18-12-7-8-13-19(18)22(24)26/h3-14H,1-2H3/b9-3+. The Bertz CT molecular complexity index is 1010. The second-order valence-electron chi connectivity index (χ2n) is 6.22. The molecule has 0 N–H and O–H groups in total. The maximum Gasteiger partial charge on any atom is 0.281 e. The minimum Gasteiger partial charge on any atom is -0.267 e. The van der Waals surface area contributed by atoms with E-state index in [2.05, 4.69) is 0 Å². The molecule has 26 heavy (non-hydrogen) atoms. The molecule has 2 amide bonds. The van der Waals surface area contributed by atoms with E-state index in [0.29, 0.717) is 11.1 Å². The molecule has 0 unspecified atom stereocenters. The number of carbonyl (C=O) groups excluding carboxylic acids is 2. The predicted octanol–water partition coefficient (Wildman–Crippen LogP) is 4.43. The summed E-state index contributed by atoms with van der Waals surface area (Å²) in [5, 5.41) is 1.25. The first-order chi connectivity index (χ1) is 12.6. The number of carbonyl (C=O) groups is 2. The van der Waals surface area contributed by atoms with Crippen LogP contribution in [0, 0.1) is 6.92 Å². The lowest BCUT2D eigenvalue weighted by Gasteiger charge is -2.21. The van der Waals surface area contributed by atoms with Gasteiger partial charge in [0.2, 0.25) is 0 Å². The summed E-state index contributed by atoms with van der Waals surface area (Å²) in [6, 6.07) is 18.7. The first-order valence-electron chi connectivity index (χ1n) is 8.52. The maximum atomic E-state index is 13.0. The van der Waals surface area contributed by atoms with Crippen LogP contribution in [-0.2, 0) is 0 Å². The third-order valence-corrected chi connectivity index (χ3v) is 4.64. The van der Waals surface area contributed by atoms with Crippen molar-refractivity contribution in [3.8, 4) is 11.3 Å². The third-order valence-electron chi connectivity index (χ3n) is 4.64. The van der Waals surface area contributed by atoms with Gasteiger partial charge in [-0.05, 0) is 37.6 Å². The molecular weight excluding hydrogens is 324 g/mol. The van der Waals surface area contributed by atoms with Crippen molar-refractivity contribution in [3.63, 3.8) is 0 Å². The highest BCUT2D eigenvalue weighted by molar-refractivity contribution is 6.30. The molecule has 2 heterocycles. The number of imide groups is 1. The summed E-state index contributed by atoms with van der Waals surface area (Å²) in [5.74, 6) is -0.595. The Morgan fingerprint density at radius 2 is 1.42 bits per heavy atom. The Balaban J connectivity index is 1.95. The molecule has 0 radical (unpaired) electrons. The predicted molar refractivity (Wildman–Crippen MR) is 103 cm³/mol. The van der Waals surface area contributed by atoms with Crippen molar-refractivity contribution >= 4 is 17.9 Å². The molecule has 0 atom stereocenters. The van der Waals surface area contributed by atoms with E-state index in [9.17, 15) is 9.59 Å². The van der Waals surface area contributed by atoms with Gasteiger partial charge in [-0.1, -0.05) is 54.6 Å². The quantitative estimate of drug-likeness (QED) is 0.661. The van der Waals surface area contributed by atoms with Crippen molar-refractivity contribution in [1.82, 2.24) is 4.68 Å². The Morgan fingerprint density at radius 1 is 0.846 bits per heavy atom. The molecule has 0 aliphatic carbocycles. The Hall–Kier alpha value is -3.40. The normalized spacial score (nSPS) is 13.7. The Labute approximate surface area is 152 Å². The van der Waals surface area contributed by atoms with Crippen LogP contribution in [0.25, 0.3) is 17.3 Å². The van der Waals surface area contributed by atoms with Gasteiger partial charge in [0.05, 0.1) is 16.8 Å². The zero-order valence-corrected chi connectivity index (χ0v) is 14.6. The second kappa shape index (κ2) is 6.15. The summed E-state index contributed by atoms with van der Waals surface area (Å²) in [5.41, 5.74) is 4.46. The minimum atomic E-state index is -0.298. The van der Waals surface area contributed by atoms with E-state index in [1.807, 2.05) is 62.4 Å². The summed E-state index contributed by atoms with van der Waals surface area (Å²) < 4.78 is 1.73. The number of hydrogen-bond acceptors (Lipinski definition) is 2. The first-order valence-corrected chi connectivity index (χ1v) is 8.52. The van der Waals surface area contributed by atoms with Gasteiger partial charge in [0.1, 0.15) is 0 Å². The van der Waals surface area contributed by atoms with E-state index >= 15 is 0 Å². The van der Waals surface area contributed by atoms with E-state index < -0.39 is 0 Å². The lowest BCUT2D eigenvalue weighted by molar-refractivity contribution is 0.0886. The topological polar surface area (TPSA) is 42.3 Å². The highest BCUT2D eigenvalue weighted by atomic mass is 16.2. The molecule has 4 heteroatoms. The molecule has 0 spiro atoms. The number of benzene rings is 2. The fourth-order valence-electron chi connectivity index (χ4n) is 3.39. The highest BCUT2D eigenvalue weighted by Gasteiger charge is 2.38. The molecule has 2 aromatic carbocycles. The fourth-order valence-corrected chi connectivity index (χ4v) is 3.39. The molecule has 0 saturated heterocycles. The Kier molecular flexibility index (Phi) is 3.81. The van der Waals surface area contributed by atoms with Crippen molar-refractivity contribution in [3.05, 3.63) is 89.1 Å². The van der Waals surface area contributed by atoms with Crippen molar-refractivity contribution in [2.45, 2.75) is 13.8 Å².